The fourth-order valence-electron chi connectivity index (χ4n) is 3.38. The van der Waals surface area contributed by atoms with Gasteiger partial charge in [-0.05, 0) is 48.2 Å². The number of nitrogens with zero attached hydrogens (tertiary/aromatic N) is 1. The zero-order chi connectivity index (χ0) is 20.2. The van der Waals surface area contributed by atoms with E-state index < -0.39 is 6.10 Å². The van der Waals surface area contributed by atoms with Crippen LogP contribution in [0.1, 0.15) is 27.7 Å². The Morgan fingerprint density at radius 3 is 2.76 bits per heavy atom. The maximum absolute atomic E-state index is 12.9. The standard InChI is InChI=1S/C23H22N2O3S/c1-2-25(15-19-10-6-12-29-19)23(27)17-8-5-9-18(13-17)24-22(26)21-14-16-7-3-4-11-20(16)28-21/h3-13,21H,2,14-15H2,1H3,(H,24,26). The molecule has 6 heteroatoms. The molecule has 3 aromatic rings. The van der Waals surface area contributed by atoms with Gasteiger partial charge in [0.05, 0.1) is 6.54 Å². The number of ether oxygens (including phenoxy) is 1. The number of fused-ring (bicyclic) bond motifs is 1. The molecule has 2 aromatic carbocycles. The van der Waals surface area contributed by atoms with Crippen molar-refractivity contribution in [3.05, 3.63) is 82.0 Å². The molecule has 1 aliphatic heterocycles. The number of benzene rings is 2. The van der Waals surface area contributed by atoms with Crippen LogP contribution in [0.5, 0.6) is 5.75 Å². The molecule has 0 saturated carbocycles. The minimum absolute atomic E-state index is 0.0541. The van der Waals surface area contributed by atoms with Crippen LogP contribution in [0.25, 0.3) is 0 Å². The van der Waals surface area contributed by atoms with Gasteiger partial charge in [0, 0.05) is 29.1 Å². The van der Waals surface area contributed by atoms with E-state index in [0.717, 1.165) is 16.2 Å². The van der Waals surface area contributed by atoms with Gasteiger partial charge in [-0.1, -0.05) is 30.3 Å². The Labute approximate surface area is 173 Å². The number of thiophene rings is 1. The Morgan fingerprint density at radius 2 is 2.00 bits per heavy atom. The summed E-state index contributed by atoms with van der Waals surface area (Å²) in [6.07, 6.45) is -0.0110. The lowest BCUT2D eigenvalue weighted by Gasteiger charge is -2.20. The lowest BCUT2D eigenvalue weighted by Crippen LogP contribution is -2.32. The van der Waals surface area contributed by atoms with E-state index in [0.29, 0.717) is 30.8 Å². The third-order valence-electron chi connectivity index (χ3n) is 4.91. The Kier molecular flexibility index (Phi) is 5.62. The number of nitrogens with one attached hydrogen (secondary N) is 1. The quantitative estimate of drug-likeness (QED) is 0.662. The third kappa shape index (κ3) is 4.32. The van der Waals surface area contributed by atoms with E-state index in [1.807, 2.05) is 48.7 Å². The molecule has 0 fully saturated rings. The van der Waals surface area contributed by atoms with Gasteiger partial charge in [-0.2, -0.15) is 0 Å². The first-order chi connectivity index (χ1) is 14.1. The Bertz CT molecular complexity index is 991. The summed E-state index contributed by atoms with van der Waals surface area (Å²) in [4.78, 5) is 28.5. The number of anilines is 1. The molecule has 1 aliphatic rings. The molecule has 4 rings (SSSR count). The van der Waals surface area contributed by atoms with Crippen LogP contribution < -0.4 is 10.1 Å². The summed E-state index contributed by atoms with van der Waals surface area (Å²) < 4.78 is 5.75. The lowest BCUT2D eigenvalue weighted by molar-refractivity contribution is -0.122. The molecule has 2 amide bonds. The second kappa shape index (κ2) is 8.49. The molecule has 5 nitrogen and oxygen atoms in total. The van der Waals surface area contributed by atoms with Gasteiger partial charge in [-0.25, -0.2) is 0 Å². The van der Waals surface area contributed by atoms with Crippen LogP contribution >= 0.6 is 11.3 Å². The summed E-state index contributed by atoms with van der Waals surface area (Å²) in [5, 5.41) is 4.89. The van der Waals surface area contributed by atoms with Gasteiger partial charge in [-0.15, -0.1) is 11.3 Å². The van der Waals surface area contributed by atoms with Crippen LogP contribution in [0.2, 0.25) is 0 Å². The molecule has 1 N–H and O–H groups in total. The Morgan fingerprint density at radius 1 is 1.14 bits per heavy atom. The zero-order valence-electron chi connectivity index (χ0n) is 16.1. The maximum Gasteiger partial charge on any atom is 0.265 e. The fraction of sp³-hybridized carbons (Fsp3) is 0.217. The van der Waals surface area contributed by atoms with Gasteiger partial charge >= 0.3 is 0 Å². The number of rotatable bonds is 6. The molecule has 1 aromatic heterocycles. The van der Waals surface area contributed by atoms with Gasteiger partial charge in [0.2, 0.25) is 0 Å². The molecule has 29 heavy (non-hydrogen) atoms. The van der Waals surface area contributed by atoms with E-state index in [-0.39, 0.29) is 11.8 Å². The van der Waals surface area contributed by atoms with E-state index >= 15 is 0 Å². The van der Waals surface area contributed by atoms with Crippen molar-refractivity contribution in [1.82, 2.24) is 4.90 Å². The summed E-state index contributed by atoms with van der Waals surface area (Å²) in [5.74, 6) is 0.488. The summed E-state index contributed by atoms with van der Waals surface area (Å²) in [6.45, 7) is 3.16. The van der Waals surface area contributed by atoms with E-state index in [9.17, 15) is 9.59 Å². The van der Waals surface area contributed by atoms with Gasteiger partial charge in [0.1, 0.15) is 5.75 Å². The lowest BCUT2D eigenvalue weighted by atomic mass is 10.1. The van der Waals surface area contributed by atoms with E-state index in [4.69, 9.17) is 4.74 Å². The van der Waals surface area contributed by atoms with Crippen LogP contribution in [-0.4, -0.2) is 29.4 Å². The summed E-state index contributed by atoms with van der Waals surface area (Å²) in [7, 11) is 0. The molecule has 1 unspecified atom stereocenters. The number of carbonyl (C=O) groups excluding carboxylic acids is 2. The molecule has 0 saturated heterocycles. The number of para-hydroxylation sites is 1. The van der Waals surface area contributed by atoms with E-state index in [2.05, 4.69) is 5.32 Å². The van der Waals surface area contributed by atoms with Gasteiger partial charge < -0.3 is 15.0 Å². The van der Waals surface area contributed by atoms with Crippen molar-refractivity contribution >= 4 is 28.8 Å². The molecular formula is C23H22N2O3S. The molecule has 0 spiro atoms. The highest BCUT2D eigenvalue weighted by atomic mass is 32.1. The average Bonchev–Trinajstić information content (AvgIpc) is 3.41. The highest BCUT2D eigenvalue weighted by molar-refractivity contribution is 7.09. The van der Waals surface area contributed by atoms with Crippen LogP contribution in [0.3, 0.4) is 0 Å². The van der Waals surface area contributed by atoms with Crippen LogP contribution in [0.15, 0.2) is 66.0 Å². The van der Waals surface area contributed by atoms with Crippen LogP contribution in [0.4, 0.5) is 5.69 Å². The first kappa shape index (κ1) is 19.2. The monoisotopic (exact) mass is 406 g/mol. The molecular weight excluding hydrogens is 384 g/mol. The van der Waals surface area contributed by atoms with Gasteiger partial charge in [0.25, 0.3) is 11.8 Å². The van der Waals surface area contributed by atoms with E-state index in [1.54, 1.807) is 40.5 Å². The smallest absolute Gasteiger partial charge is 0.265 e. The Hall–Kier alpha value is -3.12. The normalized spacial score (nSPS) is 14.7. The zero-order valence-corrected chi connectivity index (χ0v) is 16.9. The van der Waals surface area contributed by atoms with Gasteiger partial charge in [-0.3, -0.25) is 9.59 Å². The van der Waals surface area contributed by atoms with Crippen molar-refractivity contribution in [3.8, 4) is 5.75 Å². The summed E-state index contributed by atoms with van der Waals surface area (Å²) in [5.41, 5.74) is 2.17. The number of hydrogen-bond acceptors (Lipinski definition) is 4. The van der Waals surface area contributed by atoms with Crippen molar-refractivity contribution in [2.24, 2.45) is 0 Å². The molecule has 148 valence electrons. The Balaban J connectivity index is 1.43. The summed E-state index contributed by atoms with van der Waals surface area (Å²) in [6, 6.07) is 18.7. The van der Waals surface area contributed by atoms with Crippen LogP contribution in [-0.2, 0) is 17.8 Å². The molecule has 0 aliphatic carbocycles. The fourth-order valence-corrected chi connectivity index (χ4v) is 4.10. The first-order valence-corrected chi connectivity index (χ1v) is 10.5. The predicted octanol–water partition coefficient (Wildman–Crippen LogP) is 4.35. The maximum atomic E-state index is 12.9. The van der Waals surface area contributed by atoms with Crippen molar-refractivity contribution in [3.63, 3.8) is 0 Å². The van der Waals surface area contributed by atoms with Crippen molar-refractivity contribution in [1.29, 1.82) is 0 Å². The SMILES string of the molecule is CCN(Cc1cccs1)C(=O)c1cccc(NC(=O)C2Cc3ccccc3O2)c1. The van der Waals surface area contributed by atoms with Crippen molar-refractivity contribution in [2.75, 3.05) is 11.9 Å². The third-order valence-corrected chi connectivity index (χ3v) is 5.77. The minimum Gasteiger partial charge on any atom is -0.480 e. The highest BCUT2D eigenvalue weighted by Crippen LogP contribution is 2.28. The van der Waals surface area contributed by atoms with Crippen LogP contribution in [0, 0.1) is 0 Å². The second-order valence-corrected chi connectivity index (χ2v) is 7.92. The topological polar surface area (TPSA) is 58.6 Å². The number of hydrogen-bond donors (Lipinski definition) is 1. The van der Waals surface area contributed by atoms with Crippen molar-refractivity contribution in [2.45, 2.75) is 26.0 Å². The first-order valence-electron chi connectivity index (χ1n) is 9.61. The van der Waals surface area contributed by atoms with E-state index in [1.165, 1.54) is 0 Å². The average molecular weight is 407 g/mol. The highest BCUT2D eigenvalue weighted by Gasteiger charge is 2.29. The van der Waals surface area contributed by atoms with Gasteiger partial charge in [0.15, 0.2) is 6.10 Å². The molecule has 0 bridgehead atoms. The molecule has 0 radical (unpaired) electrons. The molecule has 1 atom stereocenters. The number of carbonyl (C=O) groups is 2. The summed E-state index contributed by atoms with van der Waals surface area (Å²) >= 11 is 1.63. The number of amides is 2. The molecule has 2 heterocycles. The minimum atomic E-state index is -0.558. The second-order valence-electron chi connectivity index (χ2n) is 6.89. The largest absolute Gasteiger partial charge is 0.480 e. The predicted molar refractivity (Wildman–Crippen MR) is 114 cm³/mol. The van der Waals surface area contributed by atoms with Crippen molar-refractivity contribution < 1.29 is 14.3 Å².